The molecule has 15 heavy (non-hydrogen) atoms. The summed E-state index contributed by atoms with van der Waals surface area (Å²) in [5.74, 6) is 0. The van der Waals surface area contributed by atoms with E-state index >= 15 is 0 Å². The number of hydrogen-bond donors (Lipinski definition) is 0. The molecule has 8 heteroatoms. The third kappa shape index (κ3) is 8.95. The topological polar surface area (TPSA) is 37.4 Å². The Balaban J connectivity index is 0. The van der Waals surface area contributed by atoms with Crippen molar-refractivity contribution in [1.82, 2.24) is 4.90 Å². The molecule has 0 saturated heterocycles. The number of nitrogens with zero attached hydrogens (tertiary/aromatic N) is 1. The largest absolute Gasteiger partial charge is 0.511 e. The van der Waals surface area contributed by atoms with Crippen LogP contribution in [0.25, 0.3) is 0 Å². The van der Waals surface area contributed by atoms with E-state index in [-0.39, 0.29) is 0 Å². The lowest BCUT2D eigenvalue weighted by molar-refractivity contribution is -0.0412. The molecular formula is C7H15ClF3NO2S. The van der Waals surface area contributed by atoms with E-state index in [1.807, 2.05) is 0 Å². The highest BCUT2D eigenvalue weighted by molar-refractivity contribution is 8.14. The highest BCUT2D eigenvalue weighted by Gasteiger charge is 2.44. The standard InChI is InChI=1S/C6H15N.CClF3O2S/c1-4-7(5-2)6-3;2-8(6,7)1(3,4)5/h4-6H2,1-3H3;. The van der Waals surface area contributed by atoms with Gasteiger partial charge in [-0.25, -0.2) is 8.42 Å². The second kappa shape index (κ2) is 7.29. The Labute approximate surface area is 92.6 Å². The highest BCUT2D eigenvalue weighted by Crippen LogP contribution is 2.25. The summed E-state index contributed by atoms with van der Waals surface area (Å²) in [6, 6.07) is 0. The van der Waals surface area contributed by atoms with Gasteiger partial charge >= 0.3 is 14.6 Å². The molecule has 0 unspecified atom stereocenters. The SMILES string of the molecule is CCN(CC)CC.O=S(=O)(Cl)C(F)(F)F. The predicted molar refractivity (Wildman–Crippen MR) is 54.3 cm³/mol. The summed E-state index contributed by atoms with van der Waals surface area (Å²) >= 11 is 0. The Kier molecular flexibility index (Phi) is 8.45. The fourth-order valence-electron chi connectivity index (χ4n) is 0.671. The predicted octanol–water partition coefficient (Wildman–Crippen LogP) is 2.42. The van der Waals surface area contributed by atoms with Crippen LogP contribution in [0.4, 0.5) is 13.2 Å². The van der Waals surface area contributed by atoms with Gasteiger partial charge < -0.3 is 4.90 Å². The summed E-state index contributed by atoms with van der Waals surface area (Å²) in [4.78, 5) is 2.38. The van der Waals surface area contributed by atoms with Crippen LogP contribution in [-0.4, -0.2) is 38.5 Å². The number of rotatable bonds is 3. The molecule has 0 rings (SSSR count). The van der Waals surface area contributed by atoms with Crippen molar-refractivity contribution in [2.75, 3.05) is 19.6 Å². The van der Waals surface area contributed by atoms with Crippen LogP contribution in [0.5, 0.6) is 0 Å². The Bertz CT molecular complexity index is 244. The van der Waals surface area contributed by atoms with Crippen LogP contribution in [0.1, 0.15) is 20.8 Å². The molecule has 0 aliphatic carbocycles. The number of alkyl halides is 3. The summed E-state index contributed by atoms with van der Waals surface area (Å²) < 4.78 is 51.1. The van der Waals surface area contributed by atoms with Gasteiger partial charge in [0.2, 0.25) is 0 Å². The summed E-state index contributed by atoms with van der Waals surface area (Å²) in [6.07, 6.45) is 0. The molecule has 0 saturated carbocycles. The second-order valence-electron chi connectivity index (χ2n) is 2.50. The van der Waals surface area contributed by atoms with Crippen LogP contribution in [0.3, 0.4) is 0 Å². The Morgan fingerprint density at radius 2 is 1.27 bits per heavy atom. The molecule has 0 amide bonds. The maximum atomic E-state index is 10.8. The quantitative estimate of drug-likeness (QED) is 0.739. The van der Waals surface area contributed by atoms with Crippen molar-refractivity contribution in [2.45, 2.75) is 26.3 Å². The van der Waals surface area contributed by atoms with Gasteiger partial charge in [-0.3, -0.25) is 0 Å². The summed E-state index contributed by atoms with van der Waals surface area (Å²) in [6.45, 7) is 10.1. The van der Waals surface area contributed by atoms with Crippen molar-refractivity contribution in [3.63, 3.8) is 0 Å². The van der Waals surface area contributed by atoms with Gasteiger partial charge in [0.1, 0.15) is 0 Å². The first-order valence-electron chi connectivity index (χ1n) is 4.33. The van der Waals surface area contributed by atoms with Gasteiger partial charge in [0.05, 0.1) is 0 Å². The van der Waals surface area contributed by atoms with Gasteiger partial charge in [0.15, 0.2) is 0 Å². The maximum absolute atomic E-state index is 10.8. The molecule has 0 aromatic carbocycles. The first kappa shape index (κ1) is 17.4. The normalized spacial score (nSPS) is 12.3. The molecule has 0 aliphatic rings. The fraction of sp³-hybridized carbons (Fsp3) is 1.00. The molecule has 0 heterocycles. The molecule has 0 aromatic rings. The lowest BCUT2D eigenvalue weighted by Crippen LogP contribution is -2.21. The zero-order chi connectivity index (χ0) is 12.7. The number of hydrogen-bond acceptors (Lipinski definition) is 3. The summed E-state index contributed by atoms with van der Waals surface area (Å²) in [5, 5.41) is 0. The van der Waals surface area contributed by atoms with E-state index in [9.17, 15) is 21.6 Å². The minimum Gasteiger partial charge on any atom is -0.304 e. The lowest BCUT2D eigenvalue weighted by Gasteiger charge is -2.13. The van der Waals surface area contributed by atoms with Gasteiger partial charge in [-0.15, -0.1) is 0 Å². The molecule has 0 N–H and O–H groups in total. The van der Waals surface area contributed by atoms with E-state index in [0.29, 0.717) is 0 Å². The van der Waals surface area contributed by atoms with E-state index in [4.69, 9.17) is 0 Å². The van der Waals surface area contributed by atoms with E-state index < -0.39 is 14.6 Å². The fourth-order valence-corrected chi connectivity index (χ4v) is 0.671. The Hall–Kier alpha value is -0.0100. The molecule has 0 radical (unpaired) electrons. The highest BCUT2D eigenvalue weighted by atomic mass is 35.7. The molecule has 0 bridgehead atoms. The third-order valence-electron chi connectivity index (χ3n) is 1.62. The molecule has 0 spiro atoms. The van der Waals surface area contributed by atoms with Crippen LogP contribution in [0, 0.1) is 0 Å². The monoisotopic (exact) mass is 269 g/mol. The number of halogens is 4. The van der Waals surface area contributed by atoms with E-state index in [0.717, 1.165) is 0 Å². The van der Waals surface area contributed by atoms with Crippen LogP contribution in [-0.2, 0) is 9.05 Å². The van der Waals surface area contributed by atoms with Crippen molar-refractivity contribution in [3.05, 3.63) is 0 Å². The van der Waals surface area contributed by atoms with Crippen LogP contribution in [0.15, 0.2) is 0 Å². The average molecular weight is 270 g/mol. The molecule has 94 valence electrons. The van der Waals surface area contributed by atoms with E-state index in [1.165, 1.54) is 19.6 Å². The second-order valence-corrected chi connectivity index (χ2v) is 5.06. The average Bonchev–Trinajstić information content (AvgIpc) is 2.05. The molecule has 0 atom stereocenters. The first-order chi connectivity index (χ1) is 6.60. The smallest absolute Gasteiger partial charge is 0.304 e. The van der Waals surface area contributed by atoms with Gasteiger partial charge in [0, 0.05) is 10.7 Å². The van der Waals surface area contributed by atoms with Crippen LogP contribution in [0.2, 0.25) is 0 Å². The minimum atomic E-state index is -5.37. The van der Waals surface area contributed by atoms with E-state index in [1.54, 1.807) is 0 Å². The van der Waals surface area contributed by atoms with Crippen molar-refractivity contribution < 1.29 is 21.6 Å². The summed E-state index contributed by atoms with van der Waals surface area (Å²) in [5.41, 5.74) is -5.32. The zero-order valence-corrected chi connectivity index (χ0v) is 10.4. The summed E-state index contributed by atoms with van der Waals surface area (Å²) in [7, 11) is -1.51. The molecule has 0 fully saturated rings. The van der Waals surface area contributed by atoms with Crippen molar-refractivity contribution in [3.8, 4) is 0 Å². The molecule has 0 aliphatic heterocycles. The van der Waals surface area contributed by atoms with Crippen molar-refractivity contribution in [1.29, 1.82) is 0 Å². The maximum Gasteiger partial charge on any atom is 0.511 e. The van der Waals surface area contributed by atoms with Crippen LogP contribution >= 0.6 is 10.7 Å². The Morgan fingerprint density at radius 3 is 1.27 bits per heavy atom. The first-order valence-corrected chi connectivity index (χ1v) is 6.64. The van der Waals surface area contributed by atoms with Gasteiger partial charge in [0.25, 0.3) is 0 Å². The Morgan fingerprint density at radius 1 is 1.07 bits per heavy atom. The minimum absolute atomic E-state index is 1.19. The van der Waals surface area contributed by atoms with Crippen LogP contribution < -0.4 is 0 Å². The lowest BCUT2D eigenvalue weighted by atomic mass is 10.5. The third-order valence-corrected chi connectivity index (χ3v) is 2.70. The zero-order valence-electron chi connectivity index (χ0n) is 8.81. The van der Waals surface area contributed by atoms with Gasteiger partial charge in [-0.05, 0) is 19.6 Å². The molecular weight excluding hydrogens is 255 g/mol. The molecule has 3 nitrogen and oxygen atoms in total. The van der Waals surface area contributed by atoms with Crippen molar-refractivity contribution in [2.24, 2.45) is 0 Å². The van der Waals surface area contributed by atoms with E-state index in [2.05, 4.69) is 36.4 Å². The van der Waals surface area contributed by atoms with Crippen molar-refractivity contribution >= 4 is 19.7 Å². The van der Waals surface area contributed by atoms with Gasteiger partial charge in [-0.1, -0.05) is 20.8 Å². The van der Waals surface area contributed by atoms with Gasteiger partial charge in [-0.2, -0.15) is 13.2 Å². The molecule has 0 aromatic heterocycles.